The van der Waals surface area contributed by atoms with Crippen molar-refractivity contribution < 1.29 is 4.39 Å². The normalized spacial score (nSPS) is 12.7. The van der Waals surface area contributed by atoms with Crippen LogP contribution in [0.3, 0.4) is 0 Å². The van der Waals surface area contributed by atoms with E-state index in [2.05, 4.69) is 19.2 Å². The van der Waals surface area contributed by atoms with Crippen LogP contribution in [0.25, 0.3) is 0 Å². The van der Waals surface area contributed by atoms with Gasteiger partial charge in [-0.15, -0.1) is 0 Å². The van der Waals surface area contributed by atoms with Crippen LogP contribution in [0.1, 0.15) is 51.5 Å². The molecule has 0 saturated heterocycles. The van der Waals surface area contributed by atoms with E-state index >= 15 is 0 Å². The maximum Gasteiger partial charge on any atom is 0.142 e. The minimum atomic E-state index is -0.337. The lowest BCUT2D eigenvalue weighted by atomic mass is 10.0. The lowest BCUT2D eigenvalue weighted by Crippen LogP contribution is -2.28. The third kappa shape index (κ3) is 4.95. The highest BCUT2D eigenvalue weighted by atomic mass is 35.5. The Hall–Kier alpha value is -0.600. The van der Waals surface area contributed by atoms with Gasteiger partial charge >= 0.3 is 0 Å². The summed E-state index contributed by atoms with van der Waals surface area (Å²) in [6, 6.07) is 5.49. The lowest BCUT2D eigenvalue weighted by Gasteiger charge is -2.18. The molecule has 0 radical (unpaired) electrons. The maximum absolute atomic E-state index is 13.3. The van der Waals surface area contributed by atoms with Crippen LogP contribution < -0.4 is 5.32 Å². The van der Waals surface area contributed by atoms with Gasteiger partial charge in [-0.3, -0.25) is 0 Å². The largest absolute Gasteiger partial charge is 0.310 e. The van der Waals surface area contributed by atoms with Gasteiger partial charge in [0.05, 0.1) is 5.02 Å². The first-order valence-corrected chi connectivity index (χ1v) is 7.23. The highest BCUT2D eigenvalue weighted by Crippen LogP contribution is 2.20. The van der Waals surface area contributed by atoms with Crippen LogP contribution in [0, 0.1) is 5.82 Å². The third-order valence-corrected chi connectivity index (χ3v) is 3.58. The molecule has 0 spiro atoms. The molecule has 1 unspecified atom stereocenters. The van der Waals surface area contributed by atoms with E-state index in [-0.39, 0.29) is 10.8 Å². The molecule has 0 amide bonds. The fourth-order valence-electron chi connectivity index (χ4n) is 2.09. The summed E-state index contributed by atoms with van der Waals surface area (Å²) in [6.45, 7) is 5.03. The Morgan fingerprint density at radius 1 is 1.22 bits per heavy atom. The summed E-state index contributed by atoms with van der Waals surface area (Å²) in [5.74, 6) is -0.337. The van der Waals surface area contributed by atoms with E-state index < -0.39 is 0 Å². The molecule has 0 heterocycles. The molecule has 0 fully saturated rings. The van der Waals surface area contributed by atoms with Crippen molar-refractivity contribution in [1.82, 2.24) is 5.32 Å². The Balaban J connectivity index is 2.52. The van der Waals surface area contributed by atoms with E-state index in [1.165, 1.54) is 25.3 Å². The van der Waals surface area contributed by atoms with Gasteiger partial charge in [0.15, 0.2) is 0 Å². The molecule has 0 aliphatic carbocycles. The van der Waals surface area contributed by atoms with Crippen molar-refractivity contribution in [3.05, 3.63) is 34.6 Å². The Bertz CT molecular complexity index is 354. The fourth-order valence-corrected chi connectivity index (χ4v) is 2.28. The molecule has 0 bridgehead atoms. The number of benzene rings is 1. The minimum Gasteiger partial charge on any atom is -0.310 e. The molecule has 1 rings (SSSR count). The predicted octanol–water partition coefficient (Wildman–Crippen LogP) is 4.93. The van der Waals surface area contributed by atoms with Crippen LogP contribution >= 0.6 is 11.6 Å². The summed E-state index contributed by atoms with van der Waals surface area (Å²) < 4.78 is 13.3. The standard InChI is InChI=1S/C15H23ClFN/c1-3-5-9-13(7-4-2)18-11-12-8-6-10-14(17)15(12)16/h6,8,10,13,18H,3-5,7,9,11H2,1-2H3. The molecule has 0 aromatic heterocycles. The molecular formula is C15H23ClFN. The van der Waals surface area contributed by atoms with Crippen molar-refractivity contribution in [3.63, 3.8) is 0 Å². The van der Waals surface area contributed by atoms with Gasteiger partial charge in [-0.1, -0.05) is 56.8 Å². The van der Waals surface area contributed by atoms with Crippen molar-refractivity contribution in [1.29, 1.82) is 0 Å². The van der Waals surface area contributed by atoms with E-state index in [1.807, 2.05) is 6.07 Å². The van der Waals surface area contributed by atoms with Gasteiger partial charge in [0.25, 0.3) is 0 Å². The fraction of sp³-hybridized carbons (Fsp3) is 0.600. The second-order valence-electron chi connectivity index (χ2n) is 4.72. The Labute approximate surface area is 115 Å². The summed E-state index contributed by atoms with van der Waals surface area (Å²) in [4.78, 5) is 0. The van der Waals surface area contributed by atoms with Crippen LogP contribution in [-0.2, 0) is 6.54 Å². The van der Waals surface area contributed by atoms with Crippen molar-refractivity contribution in [2.75, 3.05) is 0 Å². The number of hydrogen-bond donors (Lipinski definition) is 1. The van der Waals surface area contributed by atoms with E-state index in [0.29, 0.717) is 12.6 Å². The maximum atomic E-state index is 13.3. The number of hydrogen-bond acceptors (Lipinski definition) is 1. The smallest absolute Gasteiger partial charge is 0.142 e. The molecule has 0 aliphatic heterocycles. The Morgan fingerprint density at radius 2 is 2.00 bits per heavy atom. The van der Waals surface area contributed by atoms with Crippen LogP contribution in [0.2, 0.25) is 5.02 Å². The van der Waals surface area contributed by atoms with Gasteiger partial charge < -0.3 is 5.32 Å². The molecule has 18 heavy (non-hydrogen) atoms. The van der Waals surface area contributed by atoms with Crippen LogP contribution in [0.15, 0.2) is 18.2 Å². The topological polar surface area (TPSA) is 12.0 Å². The molecule has 1 N–H and O–H groups in total. The highest BCUT2D eigenvalue weighted by Gasteiger charge is 2.09. The zero-order valence-corrected chi connectivity index (χ0v) is 12.1. The zero-order chi connectivity index (χ0) is 13.4. The van der Waals surface area contributed by atoms with Gasteiger partial charge in [0.1, 0.15) is 5.82 Å². The molecular weight excluding hydrogens is 249 g/mol. The van der Waals surface area contributed by atoms with Gasteiger partial charge in [-0.25, -0.2) is 4.39 Å². The third-order valence-electron chi connectivity index (χ3n) is 3.16. The second-order valence-corrected chi connectivity index (χ2v) is 5.10. The number of halogens is 2. The minimum absolute atomic E-state index is 0.246. The average Bonchev–Trinajstić information content (AvgIpc) is 2.37. The molecule has 3 heteroatoms. The quantitative estimate of drug-likeness (QED) is 0.707. The molecule has 1 nitrogen and oxygen atoms in total. The van der Waals surface area contributed by atoms with Crippen LogP contribution in [0.4, 0.5) is 4.39 Å². The van der Waals surface area contributed by atoms with E-state index in [1.54, 1.807) is 6.07 Å². The van der Waals surface area contributed by atoms with E-state index in [4.69, 9.17) is 11.6 Å². The molecule has 0 aliphatic rings. The highest BCUT2D eigenvalue weighted by molar-refractivity contribution is 6.31. The molecule has 1 atom stereocenters. The average molecular weight is 272 g/mol. The monoisotopic (exact) mass is 271 g/mol. The number of unbranched alkanes of at least 4 members (excludes halogenated alkanes) is 1. The van der Waals surface area contributed by atoms with Crippen molar-refractivity contribution in [3.8, 4) is 0 Å². The van der Waals surface area contributed by atoms with Crippen molar-refractivity contribution in [2.45, 2.75) is 58.5 Å². The number of nitrogens with one attached hydrogen (secondary N) is 1. The van der Waals surface area contributed by atoms with Crippen molar-refractivity contribution in [2.24, 2.45) is 0 Å². The first-order chi connectivity index (χ1) is 8.69. The van der Waals surface area contributed by atoms with Crippen LogP contribution in [0.5, 0.6) is 0 Å². The predicted molar refractivity (Wildman–Crippen MR) is 76.5 cm³/mol. The first-order valence-electron chi connectivity index (χ1n) is 6.85. The number of rotatable bonds is 8. The Morgan fingerprint density at radius 3 is 2.67 bits per heavy atom. The molecule has 102 valence electrons. The van der Waals surface area contributed by atoms with Crippen molar-refractivity contribution >= 4 is 11.6 Å². The molecule has 0 saturated carbocycles. The lowest BCUT2D eigenvalue weighted by molar-refractivity contribution is 0.433. The summed E-state index contributed by atoms with van der Waals surface area (Å²) in [5, 5.41) is 3.73. The SMILES string of the molecule is CCCCC(CCC)NCc1cccc(F)c1Cl. The second kappa shape index (κ2) is 8.49. The summed E-state index contributed by atoms with van der Waals surface area (Å²) in [6.07, 6.45) is 5.94. The summed E-state index contributed by atoms with van der Waals surface area (Å²) >= 11 is 5.94. The summed E-state index contributed by atoms with van der Waals surface area (Å²) in [5.41, 5.74) is 0.842. The Kier molecular flexibility index (Phi) is 7.29. The molecule has 1 aromatic carbocycles. The van der Waals surface area contributed by atoms with E-state index in [9.17, 15) is 4.39 Å². The van der Waals surface area contributed by atoms with Gasteiger partial charge in [0.2, 0.25) is 0 Å². The summed E-state index contributed by atoms with van der Waals surface area (Å²) in [7, 11) is 0. The van der Waals surface area contributed by atoms with Gasteiger partial charge in [-0.05, 0) is 24.5 Å². The van der Waals surface area contributed by atoms with E-state index in [0.717, 1.165) is 18.4 Å². The van der Waals surface area contributed by atoms with Gasteiger partial charge in [-0.2, -0.15) is 0 Å². The first kappa shape index (κ1) is 15.5. The van der Waals surface area contributed by atoms with Gasteiger partial charge in [0, 0.05) is 12.6 Å². The zero-order valence-electron chi connectivity index (χ0n) is 11.3. The van der Waals surface area contributed by atoms with Crippen LogP contribution in [-0.4, -0.2) is 6.04 Å². The molecule has 1 aromatic rings.